The lowest BCUT2D eigenvalue weighted by atomic mass is 10.1. The van der Waals surface area contributed by atoms with Crippen LogP contribution in [0.5, 0.6) is 0 Å². The number of anilines is 3. The molecule has 0 fully saturated rings. The molecule has 0 saturated carbocycles. The van der Waals surface area contributed by atoms with Gasteiger partial charge in [0.2, 0.25) is 30.1 Å². The highest BCUT2D eigenvalue weighted by Crippen LogP contribution is 2.38. The van der Waals surface area contributed by atoms with Gasteiger partial charge in [0.25, 0.3) is 0 Å². The van der Waals surface area contributed by atoms with E-state index in [1.165, 1.54) is 50.4 Å². The number of carbonyl (C=O) groups excluding carboxylic acids is 2. The van der Waals surface area contributed by atoms with Crippen molar-refractivity contribution in [2.45, 2.75) is 118 Å². The van der Waals surface area contributed by atoms with Gasteiger partial charge in [-0.3, -0.25) is 26.4 Å². The molecule has 10 aromatic rings. The van der Waals surface area contributed by atoms with Crippen molar-refractivity contribution >= 4 is 169 Å². The van der Waals surface area contributed by atoms with Crippen molar-refractivity contribution in [3.8, 4) is 16.7 Å². The van der Waals surface area contributed by atoms with Crippen LogP contribution in [0.4, 0.5) is 17.2 Å². The van der Waals surface area contributed by atoms with Gasteiger partial charge >= 0.3 is 0 Å². The van der Waals surface area contributed by atoms with Crippen molar-refractivity contribution in [2.75, 3.05) is 17.2 Å². The number of Topliss-reactive ketones (excluding diaryl/α,β-unsaturated/α-hetero) is 2. The molecule has 0 aliphatic heterocycles. The van der Waals surface area contributed by atoms with Gasteiger partial charge in [-0.05, 0) is 127 Å². The van der Waals surface area contributed by atoms with Crippen LogP contribution in [-0.2, 0) is 30.1 Å². The second-order valence-electron chi connectivity index (χ2n) is 24.0. The summed E-state index contributed by atoms with van der Waals surface area (Å²) in [6.07, 6.45) is 0.0863. The number of fused-ring (bicyclic) bond motifs is 3. The van der Waals surface area contributed by atoms with E-state index in [9.17, 15) is 34.8 Å². The highest BCUT2D eigenvalue weighted by molar-refractivity contribution is 8.03. The quantitative estimate of drug-likeness (QED) is 0.00825. The summed E-state index contributed by atoms with van der Waals surface area (Å²) in [5.74, 6) is 8.75. The molecule has 0 radical (unpaired) electrons. The van der Waals surface area contributed by atoms with Crippen molar-refractivity contribution in [1.29, 1.82) is 5.26 Å². The van der Waals surface area contributed by atoms with Crippen LogP contribution in [0.2, 0.25) is 36.3 Å². The standard InChI is InChI=1S/C23H28N2O3S3Si.C17H14N4O2S2.C13H20N2O2S2Si.C10H8OS.C2H6O.H4N2/c1-23(2,3)32(4,5)25-31(27,28)17-12-10-16(11-13-17)24-22(29)14-20(26)19-15-30-21-9-7-6-8-18(19)21;18-25(22,23)12-7-5-11(6-8-12)19-17-9-15(20-21-17)14-10-24-16-4-2-1-3-13(14)16;1-13(2,3)20(4,5)15-19(16,17)12-8-6-11(7-9-12)18-10-14;1-7(11)9-6-12-10-5-3-2-4-8(9)10;1-2-3;1-2/h6-13,15,25H,14H2,1-5H3,(H,24,29);1-10H,(H2,18,22,23)(H2,19,20,21);6-9,15H,1-5H3;2-6H,1H3;3H,2H2,1H3;1-2H2. The summed E-state index contributed by atoms with van der Waals surface area (Å²) in [6.45, 7) is 23.9. The normalized spacial score (nSPS) is 11.8. The topological polar surface area (TPSA) is 335 Å². The summed E-state index contributed by atoms with van der Waals surface area (Å²) >= 11 is 11.2. The van der Waals surface area contributed by atoms with Gasteiger partial charge in [0.1, 0.15) is 21.9 Å². The van der Waals surface area contributed by atoms with E-state index in [2.05, 4.69) is 79.6 Å². The Morgan fingerprint density at radius 1 is 0.638 bits per heavy atom. The first-order valence-electron chi connectivity index (χ1n) is 29.0. The summed E-state index contributed by atoms with van der Waals surface area (Å²) in [7, 11) is -15.2. The van der Waals surface area contributed by atoms with Crippen LogP contribution in [0.3, 0.4) is 0 Å². The van der Waals surface area contributed by atoms with Gasteiger partial charge in [-0.25, -0.2) is 39.2 Å². The molecule has 0 spiro atoms. The summed E-state index contributed by atoms with van der Waals surface area (Å²) in [5, 5.41) is 45.6. The first-order chi connectivity index (χ1) is 44.0. The molecule has 0 amide bonds. The number of hydrogen-bond donors (Lipinski definition) is 9. The number of nitriles is 1. The average molecular weight is 1460 g/mol. The predicted octanol–water partition coefficient (Wildman–Crippen LogP) is 15.3. The van der Waals surface area contributed by atoms with E-state index in [-0.39, 0.29) is 49.4 Å². The number of hydrogen-bond acceptors (Lipinski definition) is 19. The maximum absolute atomic E-state index is 12.8. The van der Waals surface area contributed by atoms with E-state index < -0.39 is 46.5 Å². The van der Waals surface area contributed by atoms with E-state index in [4.69, 9.17) is 27.7 Å². The number of benzene rings is 6. The Bertz CT molecular complexity index is 4590. The van der Waals surface area contributed by atoms with E-state index in [0.29, 0.717) is 22.1 Å². The number of aliphatic hydroxyl groups excluding tert-OH is 1. The number of ketones is 2. The number of thiocarbonyl (C=S) groups is 1. The molecule has 0 unspecified atom stereocenters. The minimum atomic E-state index is -3.69. The smallest absolute Gasteiger partial charge is 0.238 e. The molecule has 0 bridgehead atoms. The SMILES string of the molecule is CC(=O)c1csc2ccccc12.CC(C)(C)[Si](C)(C)NS(=O)(=O)c1ccc(NC(=S)CC(=O)c2csc3ccccc23)cc1.CC(C)(C)[Si](C)(C)NS(=O)(=O)c1ccc(SC#N)cc1.CCO.NN.NS(=O)(=O)c1ccc(Nc2cc(-c3csc4ccccc34)[nH]n2)cc1. The lowest BCUT2D eigenvalue weighted by Gasteiger charge is -2.36. The number of hydrazine groups is 1. The number of thiocyanates is 1. The zero-order chi connectivity index (χ0) is 70.0. The zero-order valence-corrected chi connectivity index (χ0v) is 62.7. The number of aromatic amines is 1. The molecule has 0 aliphatic rings. The lowest BCUT2D eigenvalue weighted by Crippen LogP contribution is -2.54. The third-order valence-corrected chi connectivity index (χ3v) is 35.2. The van der Waals surface area contributed by atoms with Gasteiger partial charge in [0, 0.05) is 92.0 Å². The predicted molar refractivity (Wildman–Crippen MR) is 400 cm³/mol. The third kappa shape index (κ3) is 21.7. The Labute approximate surface area is 575 Å². The molecular formula is C65H80N10O9S8Si2. The van der Waals surface area contributed by atoms with Gasteiger partial charge in [0.05, 0.1) is 31.8 Å². The highest BCUT2D eigenvalue weighted by Gasteiger charge is 2.40. The van der Waals surface area contributed by atoms with E-state index >= 15 is 0 Å². The van der Waals surface area contributed by atoms with Crippen molar-refractivity contribution < 1.29 is 39.9 Å². The Hall–Kier alpha value is -6.68. The minimum Gasteiger partial charge on any atom is -0.397 e. The van der Waals surface area contributed by atoms with Crippen molar-refractivity contribution in [3.05, 3.63) is 179 Å². The largest absolute Gasteiger partial charge is 0.397 e. The van der Waals surface area contributed by atoms with Gasteiger partial charge < -0.3 is 15.7 Å². The number of nitrogens with two attached hydrogens (primary N) is 3. The average Bonchev–Trinajstić information content (AvgIpc) is 1.21. The van der Waals surface area contributed by atoms with Crippen molar-refractivity contribution in [2.24, 2.45) is 16.8 Å². The van der Waals surface area contributed by atoms with Crippen LogP contribution in [0.25, 0.3) is 41.5 Å². The van der Waals surface area contributed by atoms with Gasteiger partial charge in [-0.2, -0.15) is 10.4 Å². The fraction of sp³-hybridized carbons (Fsp3) is 0.246. The summed E-state index contributed by atoms with van der Waals surface area (Å²) in [6, 6.07) is 44.9. The summed E-state index contributed by atoms with van der Waals surface area (Å²) in [4.78, 5) is 25.5. The van der Waals surface area contributed by atoms with Crippen LogP contribution in [0.15, 0.2) is 187 Å². The number of aromatic nitrogens is 2. The number of nitrogens with one attached hydrogen (secondary N) is 5. The fourth-order valence-corrected chi connectivity index (χ4v) is 21.9. The highest BCUT2D eigenvalue weighted by atomic mass is 32.2. The van der Waals surface area contributed by atoms with Crippen LogP contribution in [0.1, 0.15) is 82.5 Å². The Kier molecular flexibility index (Phi) is 28.1. The number of rotatable bonds is 16. The van der Waals surface area contributed by atoms with Crippen LogP contribution >= 0.6 is 58.0 Å². The fourth-order valence-electron chi connectivity index (χ4n) is 8.03. The molecule has 29 heteroatoms. The van der Waals surface area contributed by atoms with Crippen LogP contribution in [-0.4, -0.2) is 80.2 Å². The minimum absolute atomic E-state index is 0.0438. The molecule has 4 heterocycles. The Morgan fingerprint density at radius 3 is 1.50 bits per heavy atom. The summed E-state index contributed by atoms with van der Waals surface area (Å²) < 4.78 is 82.4. The molecule has 6 aromatic carbocycles. The lowest BCUT2D eigenvalue weighted by molar-refractivity contribution is 0.0998. The van der Waals surface area contributed by atoms with Gasteiger partial charge in [0.15, 0.2) is 17.4 Å². The number of aliphatic hydroxyl groups is 1. The number of H-pyrrole nitrogens is 1. The van der Waals surface area contributed by atoms with E-state index in [1.54, 1.807) is 85.1 Å². The van der Waals surface area contributed by atoms with E-state index in [0.717, 1.165) is 54.6 Å². The van der Waals surface area contributed by atoms with Crippen LogP contribution < -0.4 is 36.2 Å². The number of nitrogens with zero attached hydrogens (tertiary/aromatic N) is 2. The first-order valence-corrected chi connectivity index (χ1v) is 43.3. The zero-order valence-electron chi connectivity index (χ0n) is 54.2. The van der Waals surface area contributed by atoms with Gasteiger partial charge in [-0.1, -0.05) is 135 Å². The molecule has 19 nitrogen and oxygen atoms in total. The molecule has 94 heavy (non-hydrogen) atoms. The maximum atomic E-state index is 12.8. The second kappa shape index (κ2) is 33.8. The molecule has 0 atom stereocenters. The molecule has 0 aliphatic carbocycles. The summed E-state index contributed by atoms with van der Waals surface area (Å²) in [5.41, 5.74) is 4.90. The van der Waals surface area contributed by atoms with Gasteiger partial charge in [-0.15, -0.1) is 34.0 Å². The maximum Gasteiger partial charge on any atom is 0.238 e. The molecule has 500 valence electrons. The third-order valence-electron chi connectivity index (χ3n) is 15.0. The Balaban J connectivity index is 0.000000231. The number of carbonyl (C=O) groups is 2. The van der Waals surface area contributed by atoms with Crippen molar-refractivity contribution in [3.63, 3.8) is 0 Å². The number of thioether (sulfide) groups is 1. The Morgan fingerprint density at radius 2 is 1.04 bits per heavy atom. The first kappa shape index (κ1) is 78.0. The number of thiophene rings is 3. The monoisotopic (exact) mass is 1460 g/mol. The molecule has 0 saturated heterocycles. The van der Waals surface area contributed by atoms with E-state index in [1.807, 2.05) is 130 Å². The molecular weight excluding hydrogens is 1380 g/mol. The molecule has 4 aromatic heterocycles. The second-order valence-corrected chi connectivity index (χ2v) is 43.7. The number of primary sulfonamides is 1. The van der Waals surface area contributed by atoms with Crippen LogP contribution in [0, 0.1) is 10.7 Å². The molecule has 12 N–H and O–H groups in total. The van der Waals surface area contributed by atoms with Crippen molar-refractivity contribution in [1.82, 2.24) is 19.0 Å². The molecule has 10 rings (SSSR count). The number of sulfonamides is 3.